The average molecular weight is 322 g/mol. The van der Waals surface area contributed by atoms with Crippen molar-refractivity contribution in [2.45, 2.75) is 6.54 Å². The minimum absolute atomic E-state index is 0.0251. The molecular formula is C14H14N2O5S. The van der Waals surface area contributed by atoms with Gasteiger partial charge in [-0.1, -0.05) is 6.07 Å². The monoisotopic (exact) mass is 322 g/mol. The Labute approximate surface area is 130 Å². The van der Waals surface area contributed by atoms with Gasteiger partial charge in [0.1, 0.15) is 5.75 Å². The van der Waals surface area contributed by atoms with E-state index in [-0.39, 0.29) is 24.0 Å². The summed E-state index contributed by atoms with van der Waals surface area (Å²) in [5, 5.41) is 15.6. The van der Waals surface area contributed by atoms with Gasteiger partial charge in [-0.25, -0.2) is 0 Å². The molecule has 0 aliphatic rings. The summed E-state index contributed by atoms with van der Waals surface area (Å²) in [7, 11) is 1.41. The smallest absolute Gasteiger partial charge is 0.314 e. The predicted molar refractivity (Wildman–Crippen MR) is 81.3 cm³/mol. The van der Waals surface area contributed by atoms with Crippen molar-refractivity contribution in [2.24, 2.45) is 0 Å². The van der Waals surface area contributed by atoms with Crippen LogP contribution in [0.1, 0.15) is 4.88 Å². The van der Waals surface area contributed by atoms with Crippen molar-refractivity contribution in [3.8, 4) is 11.5 Å². The largest absolute Gasteiger partial charge is 0.496 e. The molecule has 0 radical (unpaired) electrons. The number of hydrogen-bond acceptors (Lipinski definition) is 6. The van der Waals surface area contributed by atoms with Crippen LogP contribution in [0, 0.1) is 10.1 Å². The van der Waals surface area contributed by atoms with Crippen LogP contribution in [0.15, 0.2) is 35.7 Å². The summed E-state index contributed by atoms with van der Waals surface area (Å²) < 4.78 is 10.2. The summed E-state index contributed by atoms with van der Waals surface area (Å²) in [6, 6.07) is 7.98. The minimum Gasteiger partial charge on any atom is -0.496 e. The average Bonchev–Trinajstić information content (AvgIpc) is 3.04. The number of nitro benzene ring substituents is 1. The molecule has 0 atom stereocenters. The zero-order chi connectivity index (χ0) is 15.9. The van der Waals surface area contributed by atoms with E-state index >= 15 is 0 Å². The number of hydrogen-bond donors (Lipinski definition) is 1. The maximum Gasteiger partial charge on any atom is 0.314 e. The Balaban J connectivity index is 1.93. The number of carbonyl (C=O) groups excluding carboxylic acids is 1. The van der Waals surface area contributed by atoms with E-state index in [2.05, 4.69) is 5.32 Å². The Hall–Kier alpha value is -2.61. The van der Waals surface area contributed by atoms with E-state index in [0.29, 0.717) is 12.3 Å². The molecule has 0 spiro atoms. The fourth-order valence-electron chi connectivity index (χ4n) is 1.68. The summed E-state index contributed by atoms with van der Waals surface area (Å²) in [6.07, 6.45) is 0. The van der Waals surface area contributed by atoms with Gasteiger partial charge in [-0.3, -0.25) is 14.9 Å². The van der Waals surface area contributed by atoms with E-state index in [0.717, 1.165) is 4.88 Å². The highest BCUT2D eigenvalue weighted by molar-refractivity contribution is 7.09. The predicted octanol–water partition coefficient (Wildman–Crippen LogP) is 2.36. The molecule has 1 amide bonds. The van der Waals surface area contributed by atoms with E-state index in [1.165, 1.54) is 36.6 Å². The van der Waals surface area contributed by atoms with E-state index in [1.807, 2.05) is 17.5 Å². The molecule has 0 aliphatic heterocycles. The molecule has 0 bridgehead atoms. The molecular weight excluding hydrogens is 308 g/mol. The summed E-state index contributed by atoms with van der Waals surface area (Å²) in [5.41, 5.74) is -0.245. The van der Waals surface area contributed by atoms with Crippen LogP contribution in [0.4, 0.5) is 5.69 Å². The van der Waals surface area contributed by atoms with E-state index in [4.69, 9.17) is 9.47 Å². The molecule has 7 nitrogen and oxygen atoms in total. The van der Waals surface area contributed by atoms with Crippen LogP contribution < -0.4 is 14.8 Å². The second-order valence-corrected chi connectivity index (χ2v) is 5.27. The molecule has 116 valence electrons. The van der Waals surface area contributed by atoms with Crippen LogP contribution in [-0.4, -0.2) is 24.5 Å². The number of benzene rings is 1. The first-order valence-corrected chi connectivity index (χ1v) is 7.22. The summed E-state index contributed by atoms with van der Waals surface area (Å²) in [4.78, 5) is 23.1. The van der Waals surface area contributed by atoms with Gasteiger partial charge in [-0.05, 0) is 23.6 Å². The van der Waals surface area contributed by atoms with Crippen LogP contribution in [0.3, 0.4) is 0 Å². The number of carbonyl (C=O) groups is 1. The van der Waals surface area contributed by atoms with Crippen LogP contribution in [0.25, 0.3) is 0 Å². The van der Waals surface area contributed by atoms with Gasteiger partial charge in [-0.15, -0.1) is 11.3 Å². The SMILES string of the molecule is COc1ccc(OCC(=O)NCc2cccs2)c([N+](=O)[O-])c1. The molecule has 0 saturated carbocycles. The van der Waals surface area contributed by atoms with E-state index in [1.54, 1.807) is 0 Å². The topological polar surface area (TPSA) is 90.7 Å². The van der Waals surface area contributed by atoms with Gasteiger partial charge in [0, 0.05) is 4.88 Å². The van der Waals surface area contributed by atoms with Gasteiger partial charge >= 0.3 is 5.69 Å². The maximum atomic E-state index is 11.7. The first kappa shape index (κ1) is 15.8. The normalized spacial score (nSPS) is 10.0. The Morgan fingerprint density at radius 3 is 2.86 bits per heavy atom. The van der Waals surface area contributed by atoms with Crippen LogP contribution in [0.2, 0.25) is 0 Å². The highest BCUT2D eigenvalue weighted by Crippen LogP contribution is 2.30. The number of thiophene rings is 1. The number of nitrogens with one attached hydrogen (secondary N) is 1. The van der Waals surface area contributed by atoms with Gasteiger partial charge in [0.25, 0.3) is 5.91 Å². The van der Waals surface area contributed by atoms with E-state index < -0.39 is 4.92 Å². The zero-order valence-electron chi connectivity index (χ0n) is 11.8. The van der Waals surface area contributed by atoms with Crippen LogP contribution >= 0.6 is 11.3 Å². The molecule has 1 heterocycles. The van der Waals surface area contributed by atoms with Gasteiger partial charge in [0.05, 0.1) is 24.6 Å². The number of nitro groups is 1. The zero-order valence-corrected chi connectivity index (χ0v) is 12.6. The Morgan fingerprint density at radius 2 is 2.23 bits per heavy atom. The van der Waals surface area contributed by atoms with Crippen molar-refractivity contribution in [1.82, 2.24) is 5.32 Å². The second-order valence-electron chi connectivity index (χ2n) is 4.24. The molecule has 1 aromatic carbocycles. The molecule has 0 saturated heterocycles. The minimum atomic E-state index is -0.582. The lowest BCUT2D eigenvalue weighted by atomic mass is 10.3. The number of nitrogens with zero attached hydrogens (tertiary/aromatic N) is 1. The molecule has 0 aliphatic carbocycles. The van der Waals surface area contributed by atoms with Crippen LogP contribution in [-0.2, 0) is 11.3 Å². The van der Waals surface area contributed by atoms with Crippen molar-refractivity contribution in [3.05, 3.63) is 50.7 Å². The highest BCUT2D eigenvalue weighted by Gasteiger charge is 2.17. The van der Waals surface area contributed by atoms with Crippen molar-refractivity contribution >= 4 is 22.9 Å². The third-order valence-corrected chi connectivity index (χ3v) is 3.64. The van der Waals surface area contributed by atoms with Crippen molar-refractivity contribution in [3.63, 3.8) is 0 Å². The standard InChI is InChI=1S/C14H14N2O5S/c1-20-10-4-5-13(12(7-10)16(18)19)21-9-14(17)15-8-11-3-2-6-22-11/h2-7H,8-9H2,1H3,(H,15,17). The molecule has 1 N–H and O–H groups in total. The highest BCUT2D eigenvalue weighted by atomic mass is 32.1. The lowest BCUT2D eigenvalue weighted by molar-refractivity contribution is -0.385. The fourth-order valence-corrected chi connectivity index (χ4v) is 2.33. The van der Waals surface area contributed by atoms with Crippen molar-refractivity contribution < 1.29 is 19.2 Å². The van der Waals surface area contributed by atoms with Crippen LogP contribution in [0.5, 0.6) is 11.5 Å². The van der Waals surface area contributed by atoms with Gasteiger partial charge in [-0.2, -0.15) is 0 Å². The summed E-state index contributed by atoms with van der Waals surface area (Å²) >= 11 is 1.53. The molecule has 2 aromatic rings. The molecule has 0 fully saturated rings. The first-order valence-electron chi connectivity index (χ1n) is 6.34. The van der Waals surface area contributed by atoms with Gasteiger partial charge in [0.2, 0.25) is 0 Å². The van der Waals surface area contributed by atoms with Gasteiger partial charge in [0.15, 0.2) is 12.4 Å². The molecule has 1 aromatic heterocycles. The van der Waals surface area contributed by atoms with Crippen molar-refractivity contribution in [2.75, 3.05) is 13.7 Å². The quantitative estimate of drug-likeness (QED) is 0.624. The fraction of sp³-hybridized carbons (Fsp3) is 0.214. The number of amides is 1. The number of ether oxygens (including phenoxy) is 2. The molecule has 8 heteroatoms. The number of methoxy groups -OCH3 is 1. The lowest BCUT2D eigenvalue weighted by Gasteiger charge is -2.08. The Bertz CT molecular complexity index is 657. The first-order chi connectivity index (χ1) is 10.6. The Kier molecular flexibility index (Phi) is 5.31. The summed E-state index contributed by atoms with van der Waals surface area (Å²) in [6.45, 7) is 0.114. The summed E-state index contributed by atoms with van der Waals surface area (Å²) in [5.74, 6) is 0.0248. The maximum absolute atomic E-state index is 11.7. The Morgan fingerprint density at radius 1 is 1.41 bits per heavy atom. The van der Waals surface area contributed by atoms with Gasteiger partial charge < -0.3 is 14.8 Å². The third kappa shape index (κ3) is 4.19. The number of rotatable bonds is 7. The third-order valence-electron chi connectivity index (χ3n) is 2.76. The van der Waals surface area contributed by atoms with E-state index in [9.17, 15) is 14.9 Å². The lowest BCUT2D eigenvalue weighted by Crippen LogP contribution is -2.28. The second kappa shape index (κ2) is 7.41. The molecule has 2 rings (SSSR count). The molecule has 22 heavy (non-hydrogen) atoms. The molecule has 0 unspecified atom stereocenters. The van der Waals surface area contributed by atoms with Crippen molar-refractivity contribution in [1.29, 1.82) is 0 Å².